The van der Waals surface area contributed by atoms with Gasteiger partial charge >= 0.3 is 0 Å². The van der Waals surface area contributed by atoms with Crippen LogP contribution in [-0.4, -0.2) is 40.1 Å². The van der Waals surface area contributed by atoms with E-state index in [9.17, 15) is 0 Å². The first-order valence-corrected chi connectivity index (χ1v) is 8.38. The van der Waals surface area contributed by atoms with Gasteiger partial charge < -0.3 is 15.8 Å². The zero-order valence-electron chi connectivity index (χ0n) is 14.7. The standard InChI is InChI=1S/C19H22N6O/c1-25(12-13-26-16-10-6-3-7-11-16)14-17-22-18(20)24-19(23-17)21-15-8-4-2-5-9-15/h2-11H,12-14H2,1H3,(H3,20,21,22,23,24). The molecule has 7 nitrogen and oxygen atoms in total. The van der Waals surface area contributed by atoms with Gasteiger partial charge in [0.25, 0.3) is 0 Å². The minimum Gasteiger partial charge on any atom is -0.492 e. The van der Waals surface area contributed by atoms with Gasteiger partial charge in [-0.2, -0.15) is 15.0 Å². The second-order valence-electron chi connectivity index (χ2n) is 5.82. The minimum atomic E-state index is 0.197. The molecule has 0 saturated heterocycles. The minimum absolute atomic E-state index is 0.197. The van der Waals surface area contributed by atoms with Crippen LogP contribution >= 0.6 is 0 Å². The first-order chi connectivity index (χ1) is 12.7. The molecule has 0 fully saturated rings. The first-order valence-electron chi connectivity index (χ1n) is 8.38. The molecule has 3 rings (SSSR count). The molecule has 3 N–H and O–H groups in total. The summed E-state index contributed by atoms with van der Waals surface area (Å²) in [4.78, 5) is 14.9. The fourth-order valence-electron chi connectivity index (χ4n) is 2.37. The number of benzene rings is 2. The molecular weight excluding hydrogens is 328 g/mol. The van der Waals surface area contributed by atoms with Crippen molar-refractivity contribution in [3.63, 3.8) is 0 Å². The molecule has 0 amide bonds. The number of nitrogens with zero attached hydrogens (tertiary/aromatic N) is 4. The SMILES string of the molecule is CN(CCOc1ccccc1)Cc1nc(N)nc(Nc2ccccc2)n1. The second kappa shape index (κ2) is 8.77. The molecule has 0 radical (unpaired) electrons. The Morgan fingerprint density at radius 2 is 1.65 bits per heavy atom. The Morgan fingerprint density at radius 1 is 0.962 bits per heavy atom. The van der Waals surface area contributed by atoms with Gasteiger partial charge in [0.2, 0.25) is 11.9 Å². The van der Waals surface area contributed by atoms with E-state index >= 15 is 0 Å². The summed E-state index contributed by atoms with van der Waals surface area (Å²) in [6.07, 6.45) is 0. The maximum absolute atomic E-state index is 5.82. The van der Waals surface area contributed by atoms with E-state index in [1.807, 2.05) is 67.7 Å². The Labute approximate surface area is 152 Å². The lowest BCUT2D eigenvalue weighted by atomic mass is 10.3. The number of nitrogens with two attached hydrogens (primary N) is 1. The molecule has 2 aromatic carbocycles. The van der Waals surface area contributed by atoms with Crippen LogP contribution in [0, 0.1) is 0 Å². The van der Waals surface area contributed by atoms with Crippen LogP contribution in [0.25, 0.3) is 0 Å². The highest BCUT2D eigenvalue weighted by Crippen LogP contribution is 2.13. The van der Waals surface area contributed by atoms with Crippen LogP contribution in [0.2, 0.25) is 0 Å². The van der Waals surface area contributed by atoms with Gasteiger partial charge in [-0.3, -0.25) is 4.90 Å². The summed E-state index contributed by atoms with van der Waals surface area (Å²) < 4.78 is 5.71. The van der Waals surface area contributed by atoms with Crippen molar-refractivity contribution < 1.29 is 4.74 Å². The van der Waals surface area contributed by atoms with Gasteiger partial charge in [-0.05, 0) is 31.3 Å². The van der Waals surface area contributed by atoms with E-state index in [1.165, 1.54) is 0 Å². The van der Waals surface area contributed by atoms with E-state index in [-0.39, 0.29) is 5.95 Å². The lowest BCUT2D eigenvalue weighted by Crippen LogP contribution is -2.25. The molecule has 1 aromatic heterocycles. The van der Waals surface area contributed by atoms with Crippen LogP contribution in [0.4, 0.5) is 17.6 Å². The molecule has 134 valence electrons. The smallest absolute Gasteiger partial charge is 0.232 e. The lowest BCUT2D eigenvalue weighted by Gasteiger charge is -2.16. The number of hydrogen-bond acceptors (Lipinski definition) is 7. The second-order valence-corrected chi connectivity index (χ2v) is 5.82. The van der Waals surface area contributed by atoms with E-state index in [4.69, 9.17) is 10.5 Å². The number of nitrogens with one attached hydrogen (secondary N) is 1. The summed E-state index contributed by atoms with van der Waals surface area (Å²) in [5.41, 5.74) is 6.72. The number of likely N-dealkylation sites (N-methyl/N-ethyl adjacent to an activating group) is 1. The highest BCUT2D eigenvalue weighted by molar-refractivity contribution is 5.53. The number of ether oxygens (including phenoxy) is 1. The van der Waals surface area contributed by atoms with E-state index < -0.39 is 0 Å². The first kappa shape index (κ1) is 17.6. The van der Waals surface area contributed by atoms with Gasteiger partial charge in [0.1, 0.15) is 18.2 Å². The van der Waals surface area contributed by atoms with Crippen molar-refractivity contribution in [2.75, 3.05) is 31.2 Å². The molecule has 0 aliphatic rings. The third kappa shape index (κ3) is 5.42. The Balaban J connectivity index is 1.55. The van der Waals surface area contributed by atoms with Crippen LogP contribution in [0.1, 0.15) is 5.82 Å². The van der Waals surface area contributed by atoms with Gasteiger partial charge in [-0.1, -0.05) is 36.4 Å². The van der Waals surface area contributed by atoms with E-state index in [1.54, 1.807) is 0 Å². The fourth-order valence-corrected chi connectivity index (χ4v) is 2.37. The summed E-state index contributed by atoms with van der Waals surface area (Å²) in [6.45, 7) is 1.87. The van der Waals surface area contributed by atoms with Crippen molar-refractivity contribution in [2.24, 2.45) is 0 Å². The third-order valence-corrected chi connectivity index (χ3v) is 3.63. The average molecular weight is 350 g/mol. The van der Waals surface area contributed by atoms with Crippen molar-refractivity contribution in [2.45, 2.75) is 6.54 Å². The van der Waals surface area contributed by atoms with Crippen molar-refractivity contribution in [1.82, 2.24) is 19.9 Å². The van der Waals surface area contributed by atoms with Crippen LogP contribution < -0.4 is 15.8 Å². The van der Waals surface area contributed by atoms with Gasteiger partial charge in [0.15, 0.2) is 0 Å². The molecule has 0 aliphatic carbocycles. The highest BCUT2D eigenvalue weighted by Gasteiger charge is 2.08. The van der Waals surface area contributed by atoms with E-state index in [2.05, 4.69) is 25.2 Å². The van der Waals surface area contributed by atoms with Crippen molar-refractivity contribution in [3.8, 4) is 5.75 Å². The van der Waals surface area contributed by atoms with Gasteiger partial charge in [0, 0.05) is 12.2 Å². The number of nitrogen functional groups attached to an aromatic ring is 1. The summed E-state index contributed by atoms with van der Waals surface area (Å²) in [6, 6.07) is 19.4. The Bertz CT molecular complexity index is 813. The molecule has 26 heavy (non-hydrogen) atoms. The average Bonchev–Trinajstić information content (AvgIpc) is 2.63. The van der Waals surface area contributed by atoms with Crippen LogP contribution in [-0.2, 0) is 6.54 Å². The zero-order valence-corrected chi connectivity index (χ0v) is 14.7. The molecule has 0 bridgehead atoms. The molecule has 3 aromatic rings. The molecule has 0 unspecified atom stereocenters. The topological polar surface area (TPSA) is 89.2 Å². The molecule has 0 saturated carbocycles. The van der Waals surface area contributed by atoms with Crippen LogP contribution in [0.15, 0.2) is 60.7 Å². The Kier molecular flexibility index (Phi) is 5.95. The van der Waals surface area contributed by atoms with Crippen LogP contribution in [0.5, 0.6) is 5.75 Å². The van der Waals surface area contributed by atoms with Crippen LogP contribution in [0.3, 0.4) is 0 Å². The quantitative estimate of drug-likeness (QED) is 0.645. The Morgan fingerprint density at radius 3 is 2.38 bits per heavy atom. The maximum Gasteiger partial charge on any atom is 0.232 e. The summed E-state index contributed by atoms with van der Waals surface area (Å²) in [5.74, 6) is 2.10. The lowest BCUT2D eigenvalue weighted by molar-refractivity contribution is 0.230. The summed E-state index contributed by atoms with van der Waals surface area (Å²) >= 11 is 0. The summed E-state index contributed by atoms with van der Waals surface area (Å²) in [5, 5.41) is 3.14. The third-order valence-electron chi connectivity index (χ3n) is 3.63. The molecule has 0 aliphatic heterocycles. The fraction of sp³-hybridized carbons (Fsp3) is 0.211. The number of hydrogen-bond donors (Lipinski definition) is 2. The molecule has 0 spiro atoms. The van der Waals surface area contributed by atoms with Crippen molar-refractivity contribution in [1.29, 1.82) is 0 Å². The normalized spacial score (nSPS) is 10.7. The number of rotatable bonds is 8. The monoisotopic (exact) mass is 350 g/mol. The predicted octanol–water partition coefficient (Wildman–Crippen LogP) is 2.71. The largest absolute Gasteiger partial charge is 0.492 e. The molecule has 7 heteroatoms. The highest BCUT2D eigenvalue weighted by atomic mass is 16.5. The molecular formula is C19H22N6O. The van der Waals surface area contributed by atoms with Crippen molar-refractivity contribution in [3.05, 3.63) is 66.5 Å². The van der Waals surface area contributed by atoms with Gasteiger partial charge in [-0.25, -0.2) is 0 Å². The number of para-hydroxylation sites is 2. The van der Waals surface area contributed by atoms with Crippen molar-refractivity contribution >= 4 is 17.6 Å². The van der Waals surface area contributed by atoms with E-state index in [0.29, 0.717) is 24.9 Å². The Hall–Kier alpha value is -3.19. The van der Waals surface area contributed by atoms with E-state index in [0.717, 1.165) is 18.0 Å². The van der Waals surface area contributed by atoms with Gasteiger partial charge in [0.05, 0.1) is 6.54 Å². The number of aromatic nitrogens is 3. The molecule has 1 heterocycles. The van der Waals surface area contributed by atoms with Gasteiger partial charge in [-0.15, -0.1) is 0 Å². The maximum atomic E-state index is 5.82. The number of anilines is 3. The zero-order chi connectivity index (χ0) is 18.2. The predicted molar refractivity (Wildman–Crippen MR) is 102 cm³/mol. The summed E-state index contributed by atoms with van der Waals surface area (Å²) in [7, 11) is 1.98. The molecule has 0 atom stereocenters.